The Morgan fingerprint density at radius 2 is 1.95 bits per heavy atom. The summed E-state index contributed by atoms with van der Waals surface area (Å²) in [5.41, 5.74) is 2.40. The molecule has 0 aliphatic carbocycles. The minimum atomic E-state index is -0.303. The van der Waals surface area contributed by atoms with Crippen LogP contribution in [0.25, 0.3) is 5.65 Å². The zero-order valence-electron chi connectivity index (χ0n) is 11.3. The van der Waals surface area contributed by atoms with E-state index in [1.807, 2.05) is 43.3 Å². The van der Waals surface area contributed by atoms with Gasteiger partial charge >= 0.3 is 5.69 Å². The maximum atomic E-state index is 12.0. The molecule has 2 heterocycles. The lowest BCUT2D eigenvalue weighted by molar-refractivity contribution is 0.842. The SMILES string of the molecule is Cc1cccn2c(=O)nc(SCc3ccc(Cl)cc3)nc12. The molecule has 0 saturated carbocycles. The standard InChI is InChI=1S/C15H12ClN3OS/c1-10-3-2-8-19-13(10)17-14(18-15(19)20)21-9-11-4-6-12(16)7-5-11/h2-8H,9H2,1H3. The molecule has 0 aliphatic heterocycles. The second-order valence-corrected chi connectivity index (χ2v) is 5.97. The lowest BCUT2D eigenvalue weighted by Crippen LogP contribution is -2.19. The van der Waals surface area contributed by atoms with Crippen LogP contribution in [-0.4, -0.2) is 14.4 Å². The van der Waals surface area contributed by atoms with E-state index in [1.54, 1.807) is 6.20 Å². The Morgan fingerprint density at radius 1 is 1.19 bits per heavy atom. The van der Waals surface area contributed by atoms with Crippen molar-refractivity contribution in [2.24, 2.45) is 0 Å². The fourth-order valence-corrected chi connectivity index (χ4v) is 2.86. The van der Waals surface area contributed by atoms with Crippen LogP contribution in [-0.2, 0) is 5.75 Å². The fourth-order valence-electron chi connectivity index (χ4n) is 1.95. The average Bonchev–Trinajstić information content (AvgIpc) is 2.48. The lowest BCUT2D eigenvalue weighted by Gasteiger charge is -2.05. The van der Waals surface area contributed by atoms with Gasteiger partial charge in [0.05, 0.1) is 0 Å². The maximum Gasteiger partial charge on any atom is 0.355 e. The largest absolute Gasteiger partial charge is 0.355 e. The molecule has 0 aliphatic rings. The lowest BCUT2D eigenvalue weighted by atomic mass is 10.2. The first kappa shape index (κ1) is 14.1. The van der Waals surface area contributed by atoms with E-state index in [0.717, 1.165) is 11.1 Å². The van der Waals surface area contributed by atoms with E-state index < -0.39 is 0 Å². The van der Waals surface area contributed by atoms with Crippen molar-refractivity contribution in [1.29, 1.82) is 0 Å². The third-order valence-electron chi connectivity index (χ3n) is 3.04. The van der Waals surface area contributed by atoms with Gasteiger partial charge in [0.1, 0.15) is 5.65 Å². The number of nitrogens with zero attached hydrogens (tertiary/aromatic N) is 3. The Balaban J connectivity index is 1.89. The quantitative estimate of drug-likeness (QED) is 0.695. The van der Waals surface area contributed by atoms with Crippen molar-refractivity contribution in [3.63, 3.8) is 0 Å². The summed E-state index contributed by atoms with van der Waals surface area (Å²) in [6.45, 7) is 1.93. The van der Waals surface area contributed by atoms with Crippen molar-refractivity contribution in [3.8, 4) is 0 Å². The van der Waals surface area contributed by atoms with Gasteiger partial charge < -0.3 is 0 Å². The number of pyridine rings is 1. The van der Waals surface area contributed by atoms with Gasteiger partial charge in [0.2, 0.25) is 0 Å². The van der Waals surface area contributed by atoms with E-state index in [9.17, 15) is 4.79 Å². The number of hydrogen-bond acceptors (Lipinski definition) is 4. The van der Waals surface area contributed by atoms with Gasteiger partial charge in [0, 0.05) is 17.0 Å². The van der Waals surface area contributed by atoms with Crippen LogP contribution in [0.2, 0.25) is 5.02 Å². The summed E-state index contributed by atoms with van der Waals surface area (Å²) in [6, 6.07) is 11.3. The van der Waals surface area contributed by atoms with Gasteiger partial charge in [0.15, 0.2) is 5.16 Å². The van der Waals surface area contributed by atoms with Crippen molar-refractivity contribution in [3.05, 3.63) is 69.2 Å². The number of fused-ring (bicyclic) bond motifs is 1. The molecule has 0 N–H and O–H groups in total. The number of rotatable bonds is 3. The van der Waals surface area contributed by atoms with E-state index in [-0.39, 0.29) is 5.69 Å². The highest BCUT2D eigenvalue weighted by molar-refractivity contribution is 7.98. The molecule has 0 atom stereocenters. The average molecular weight is 318 g/mol. The molecule has 0 fully saturated rings. The number of halogens is 1. The Kier molecular flexibility index (Phi) is 3.94. The molecule has 3 rings (SSSR count). The van der Waals surface area contributed by atoms with E-state index in [1.165, 1.54) is 16.2 Å². The molecule has 4 nitrogen and oxygen atoms in total. The van der Waals surface area contributed by atoms with Gasteiger partial charge in [-0.15, -0.1) is 0 Å². The Hall–Kier alpha value is -1.85. The normalized spacial score (nSPS) is 11.0. The number of aromatic nitrogens is 3. The highest BCUT2D eigenvalue weighted by Crippen LogP contribution is 2.20. The Bertz CT molecular complexity index is 846. The van der Waals surface area contributed by atoms with Crippen LogP contribution < -0.4 is 5.69 Å². The number of aryl methyl sites for hydroxylation is 1. The monoisotopic (exact) mass is 317 g/mol. The van der Waals surface area contributed by atoms with Crippen LogP contribution in [0.15, 0.2) is 52.5 Å². The van der Waals surface area contributed by atoms with E-state index in [0.29, 0.717) is 21.6 Å². The third-order valence-corrected chi connectivity index (χ3v) is 4.21. The van der Waals surface area contributed by atoms with Crippen molar-refractivity contribution < 1.29 is 0 Å². The molecule has 0 unspecified atom stereocenters. The fraction of sp³-hybridized carbons (Fsp3) is 0.133. The highest BCUT2D eigenvalue weighted by Gasteiger charge is 2.06. The van der Waals surface area contributed by atoms with Gasteiger partial charge in [-0.05, 0) is 36.2 Å². The number of benzene rings is 1. The molecule has 6 heteroatoms. The van der Waals surface area contributed by atoms with Crippen molar-refractivity contribution in [2.45, 2.75) is 17.8 Å². The Labute approximate surface area is 130 Å². The van der Waals surface area contributed by atoms with Crippen molar-refractivity contribution in [2.75, 3.05) is 0 Å². The predicted molar refractivity (Wildman–Crippen MR) is 85.0 cm³/mol. The van der Waals surface area contributed by atoms with Crippen molar-refractivity contribution in [1.82, 2.24) is 14.4 Å². The molecule has 0 amide bonds. The summed E-state index contributed by atoms with van der Waals surface area (Å²) < 4.78 is 1.46. The van der Waals surface area contributed by atoms with Gasteiger partial charge in [-0.3, -0.25) is 4.40 Å². The first-order valence-electron chi connectivity index (χ1n) is 6.37. The summed E-state index contributed by atoms with van der Waals surface area (Å²) in [5.74, 6) is 0.693. The molecule has 0 bridgehead atoms. The van der Waals surface area contributed by atoms with Crippen LogP contribution >= 0.6 is 23.4 Å². The van der Waals surface area contributed by atoms with Gasteiger partial charge in [-0.2, -0.15) is 4.98 Å². The first-order valence-corrected chi connectivity index (χ1v) is 7.73. The van der Waals surface area contributed by atoms with Crippen LogP contribution in [0.4, 0.5) is 0 Å². The zero-order valence-corrected chi connectivity index (χ0v) is 12.9. The molecule has 0 saturated heterocycles. The summed E-state index contributed by atoms with van der Waals surface area (Å²) in [5, 5.41) is 1.20. The van der Waals surface area contributed by atoms with Gasteiger partial charge in [-0.1, -0.05) is 41.6 Å². The molecule has 0 radical (unpaired) electrons. The summed E-state index contributed by atoms with van der Waals surface area (Å²) in [7, 11) is 0. The minimum Gasteiger partial charge on any atom is -0.251 e. The molecular weight excluding hydrogens is 306 g/mol. The Morgan fingerprint density at radius 3 is 2.71 bits per heavy atom. The van der Waals surface area contributed by atoms with Crippen LogP contribution in [0.3, 0.4) is 0 Å². The van der Waals surface area contributed by atoms with Gasteiger partial charge in [0.25, 0.3) is 0 Å². The first-order chi connectivity index (χ1) is 10.1. The highest BCUT2D eigenvalue weighted by atomic mass is 35.5. The van der Waals surface area contributed by atoms with Crippen LogP contribution in [0.5, 0.6) is 0 Å². The molecule has 21 heavy (non-hydrogen) atoms. The number of hydrogen-bond donors (Lipinski definition) is 0. The van der Waals surface area contributed by atoms with Crippen molar-refractivity contribution >= 4 is 29.0 Å². The molecule has 2 aromatic heterocycles. The zero-order chi connectivity index (χ0) is 14.8. The smallest absolute Gasteiger partial charge is 0.251 e. The van der Waals surface area contributed by atoms with E-state index >= 15 is 0 Å². The topological polar surface area (TPSA) is 47.3 Å². The van der Waals surface area contributed by atoms with E-state index in [4.69, 9.17) is 11.6 Å². The molecular formula is C15H12ClN3OS. The van der Waals surface area contributed by atoms with Gasteiger partial charge in [-0.25, -0.2) is 9.78 Å². The van der Waals surface area contributed by atoms with E-state index in [2.05, 4.69) is 9.97 Å². The second kappa shape index (κ2) is 5.87. The minimum absolute atomic E-state index is 0.303. The maximum absolute atomic E-state index is 12.0. The summed E-state index contributed by atoms with van der Waals surface area (Å²) >= 11 is 7.30. The molecule has 3 aromatic rings. The predicted octanol–water partition coefficient (Wildman–Crippen LogP) is 3.34. The second-order valence-electron chi connectivity index (χ2n) is 4.59. The summed E-state index contributed by atoms with van der Waals surface area (Å²) in [4.78, 5) is 20.5. The molecule has 106 valence electrons. The molecule has 0 spiro atoms. The van der Waals surface area contributed by atoms with Crippen LogP contribution in [0.1, 0.15) is 11.1 Å². The third kappa shape index (κ3) is 3.09. The van der Waals surface area contributed by atoms with Crippen LogP contribution in [0, 0.1) is 6.92 Å². The molecule has 1 aromatic carbocycles. The summed E-state index contributed by atoms with van der Waals surface area (Å²) in [6.07, 6.45) is 1.68. The number of thioether (sulfide) groups is 1.